The summed E-state index contributed by atoms with van der Waals surface area (Å²) in [7, 11) is 0. The number of rotatable bonds is 6. The summed E-state index contributed by atoms with van der Waals surface area (Å²) in [6, 6.07) is 15.5. The van der Waals surface area contributed by atoms with Crippen LogP contribution in [0.1, 0.15) is 25.5 Å². The van der Waals surface area contributed by atoms with Crippen LogP contribution in [0.2, 0.25) is 0 Å². The molecule has 1 amide bonds. The van der Waals surface area contributed by atoms with E-state index in [9.17, 15) is 14.0 Å². The Kier molecular flexibility index (Phi) is 5.86. The van der Waals surface area contributed by atoms with Gasteiger partial charge in [0.2, 0.25) is 5.91 Å². The van der Waals surface area contributed by atoms with E-state index in [1.165, 1.54) is 16.7 Å². The molecular formula is C21H21FN2O2S. The zero-order chi connectivity index (χ0) is 19.4. The molecule has 140 valence electrons. The van der Waals surface area contributed by atoms with E-state index in [0.29, 0.717) is 11.3 Å². The molecule has 1 N–H and O–H groups in total. The van der Waals surface area contributed by atoms with Crippen LogP contribution in [0.3, 0.4) is 0 Å². The van der Waals surface area contributed by atoms with E-state index in [1.54, 1.807) is 17.5 Å². The van der Waals surface area contributed by atoms with Gasteiger partial charge in [0.25, 0.3) is 0 Å². The predicted molar refractivity (Wildman–Crippen MR) is 106 cm³/mol. The Morgan fingerprint density at radius 2 is 1.78 bits per heavy atom. The zero-order valence-electron chi connectivity index (χ0n) is 15.2. The first-order valence-corrected chi connectivity index (χ1v) is 9.62. The van der Waals surface area contributed by atoms with Crippen LogP contribution in [0.25, 0.3) is 11.3 Å². The summed E-state index contributed by atoms with van der Waals surface area (Å²) in [5.74, 6) is -0.378. The third-order valence-corrected chi connectivity index (χ3v) is 5.13. The van der Waals surface area contributed by atoms with Crippen molar-refractivity contribution in [2.45, 2.75) is 26.4 Å². The van der Waals surface area contributed by atoms with Gasteiger partial charge in [0.05, 0.1) is 11.7 Å². The summed E-state index contributed by atoms with van der Waals surface area (Å²) < 4.78 is 14.6. The van der Waals surface area contributed by atoms with E-state index in [-0.39, 0.29) is 35.1 Å². The number of thiazole rings is 1. The lowest BCUT2D eigenvalue weighted by molar-refractivity contribution is -0.122. The predicted octanol–water partition coefficient (Wildman–Crippen LogP) is 4.23. The van der Waals surface area contributed by atoms with E-state index >= 15 is 0 Å². The summed E-state index contributed by atoms with van der Waals surface area (Å²) in [6.45, 7) is 4.00. The van der Waals surface area contributed by atoms with Gasteiger partial charge in [-0.05, 0) is 41.3 Å². The van der Waals surface area contributed by atoms with Gasteiger partial charge in [-0.25, -0.2) is 4.39 Å². The lowest BCUT2D eigenvalue weighted by atomic mass is 9.96. The lowest BCUT2D eigenvalue weighted by Crippen LogP contribution is -2.36. The Morgan fingerprint density at radius 1 is 1.11 bits per heavy atom. The molecular weight excluding hydrogens is 363 g/mol. The maximum atomic E-state index is 13.2. The Labute approximate surface area is 161 Å². The van der Waals surface area contributed by atoms with Crippen molar-refractivity contribution in [3.8, 4) is 11.3 Å². The second-order valence-electron chi connectivity index (χ2n) is 6.68. The molecule has 0 radical (unpaired) electrons. The van der Waals surface area contributed by atoms with Crippen LogP contribution in [0.4, 0.5) is 4.39 Å². The molecule has 2 aromatic carbocycles. The fraction of sp³-hybridized carbons (Fsp3) is 0.238. The number of halogens is 1. The van der Waals surface area contributed by atoms with Gasteiger partial charge in [0, 0.05) is 5.38 Å². The Balaban J connectivity index is 1.81. The van der Waals surface area contributed by atoms with Gasteiger partial charge in [0.15, 0.2) is 0 Å². The van der Waals surface area contributed by atoms with Crippen LogP contribution in [0.15, 0.2) is 64.8 Å². The fourth-order valence-electron chi connectivity index (χ4n) is 2.98. The highest BCUT2D eigenvalue weighted by molar-refractivity contribution is 7.07. The van der Waals surface area contributed by atoms with Gasteiger partial charge < -0.3 is 5.32 Å². The molecule has 0 spiro atoms. The minimum absolute atomic E-state index is 0.0783. The van der Waals surface area contributed by atoms with Crippen molar-refractivity contribution in [2.75, 3.05) is 0 Å². The van der Waals surface area contributed by atoms with E-state index in [0.717, 1.165) is 16.9 Å². The van der Waals surface area contributed by atoms with Crippen LogP contribution in [-0.4, -0.2) is 10.5 Å². The Hall–Kier alpha value is -2.73. The molecule has 0 saturated heterocycles. The van der Waals surface area contributed by atoms with Gasteiger partial charge in [-0.1, -0.05) is 55.5 Å². The number of benzene rings is 2. The first-order valence-electron chi connectivity index (χ1n) is 8.74. The molecule has 6 heteroatoms. The van der Waals surface area contributed by atoms with E-state index in [4.69, 9.17) is 0 Å². The van der Waals surface area contributed by atoms with Gasteiger partial charge in [-0.2, -0.15) is 0 Å². The molecule has 1 unspecified atom stereocenters. The number of carbonyl (C=O) groups excluding carboxylic acids is 1. The number of amides is 1. The van der Waals surface area contributed by atoms with Crippen LogP contribution < -0.4 is 10.2 Å². The highest BCUT2D eigenvalue weighted by Gasteiger charge is 2.20. The standard InChI is InChI=1S/C21H21FN2O2S/c1-14(2)20(16-6-4-3-5-7-16)23-19(25)12-24-18(13-27-21(24)26)15-8-10-17(22)11-9-15/h3-11,13-14,20H,12H2,1-2H3,(H,23,25). The summed E-state index contributed by atoms with van der Waals surface area (Å²) in [6.07, 6.45) is 0. The largest absolute Gasteiger partial charge is 0.347 e. The molecule has 4 nitrogen and oxygen atoms in total. The monoisotopic (exact) mass is 384 g/mol. The van der Waals surface area contributed by atoms with Gasteiger partial charge in [-0.15, -0.1) is 0 Å². The molecule has 1 aromatic heterocycles. The van der Waals surface area contributed by atoms with Crippen molar-refractivity contribution < 1.29 is 9.18 Å². The van der Waals surface area contributed by atoms with Crippen molar-refractivity contribution in [2.24, 2.45) is 5.92 Å². The van der Waals surface area contributed by atoms with Crippen molar-refractivity contribution >= 4 is 17.2 Å². The van der Waals surface area contributed by atoms with Gasteiger partial charge in [0.1, 0.15) is 12.4 Å². The SMILES string of the molecule is CC(C)C(NC(=O)Cn1c(-c2ccc(F)cc2)csc1=O)c1ccccc1. The maximum Gasteiger partial charge on any atom is 0.308 e. The minimum Gasteiger partial charge on any atom is -0.347 e. The van der Waals surface area contributed by atoms with Crippen molar-refractivity contribution in [1.82, 2.24) is 9.88 Å². The van der Waals surface area contributed by atoms with E-state index in [2.05, 4.69) is 5.32 Å². The summed E-state index contributed by atoms with van der Waals surface area (Å²) in [4.78, 5) is 24.7. The molecule has 27 heavy (non-hydrogen) atoms. The normalized spacial score (nSPS) is 12.1. The molecule has 3 rings (SSSR count). The van der Waals surface area contributed by atoms with Crippen LogP contribution in [-0.2, 0) is 11.3 Å². The van der Waals surface area contributed by atoms with Gasteiger partial charge in [-0.3, -0.25) is 14.2 Å². The first-order chi connectivity index (χ1) is 13.0. The summed E-state index contributed by atoms with van der Waals surface area (Å²) in [5.41, 5.74) is 2.34. The maximum absolute atomic E-state index is 13.2. The molecule has 3 aromatic rings. The molecule has 1 atom stereocenters. The van der Waals surface area contributed by atoms with E-state index < -0.39 is 0 Å². The quantitative estimate of drug-likeness (QED) is 0.691. The second kappa shape index (κ2) is 8.31. The topological polar surface area (TPSA) is 51.1 Å². The highest BCUT2D eigenvalue weighted by Crippen LogP contribution is 2.23. The lowest BCUT2D eigenvalue weighted by Gasteiger charge is -2.23. The molecule has 0 bridgehead atoms. The third-order valence-electron chi connectivity index (χ3n) is 4.37. The average Bonchev–Trinajstić information content (AvgIpc) is 3.01. The van der Waals surface area contributed by atoms with Crippen molar-refractivity contribution in [3.63, 3.8) is 0 Å². The third kappa shape index (κ3) is 4.52. The molecule has 0 aliphatic carbocycles. The molecule has 0 saturated carbocycles. The number of nitrogens with zero attached hydrogens (tertiary/aromatic N) is 1. The minimum atomic E-state index is -0.344. The highest BCUT2D eigenvalue weighted by atomic mass is 32.1. The summed E-state index contributed by atoms with van der Waals surface area (Å²) >= 11 is 1.03. The van der Waals surface area contributed by atoms with E-state index in [1.807, 2.05) is 44.2 Å². The fourth-order valence-corrected chi connectivity index (χ4v) is 3.75. The van der Waals surface area contributed by atoms with Crippen molar-refractivity contribution in [1.29, 1.82) is 0 Å². The van der Waals surface area contributed by atoms with Crippen LogP contribution >= 0.6 is 11.3 Å². The second-order valence-corrected chi connectivity index (χ2v) is 7.50. The number of nitrogens with one attached hydrogen (secondary N) is 1. The Bertz CT molecular complexity index is 962. The van der Waals surface area contributed by atoms with Crippen molar-refractivity contribution in [3.05, 3.63) is 81.0 Å². The summed E-state index contributed by atoms with van der Waals surface area (Å²) in [5, 5.41) is 4.73. The first kappa shape index (κ1) is 19.0. The molecule has 0 aliphatic rings. The average molecular weight is 384 g/mol. The van der Waals surface area contributed by atoms with Crippen LogP contribution in [0.5, 0.6) is 0 Å². The number of hydrogen-bond donors (Lipinski definition) is 1. The number of hydrogen-bond acceptors (Lipinski definition) is 3. The molecule has 1 heterocycles. The Morgan fingerprint density at radius 3 is 2.41 bits per heavy atom. The number of aromatic nitrogens is 1. The zero-order valence-corrected chi connectivity index (χ0v) is 16.0. The molecule has 0 fully saturated rings. The smallest absolute Gasteiger partial charge is 0.308 e. The van der Waals surface area contributed by atoms with Gasteiger partial charge >= 0.3 is 4.87 Å². The molecule has 0 aliphatic heterocycles. The number of carbonyl (C=O) groups is 1. The van der Waals surface area contributed by atoms with Crippen LogP contribution in [0, 0.1) is 11.7 Å².